The molecule has 0 aliphatic rings. The standard InChI is InChI=1S/C14H15NO2S.Na/c16-14(17)13(9-11-5-2-1-3-6-11)15-10-12-7-4-8-18-12;/h1-8,13,15H,9-10H2,(H,16,17);/q;+1/p-1/t13-;/m0./s1. The summed E-state index contributed by atoms with van der Waals surface area (Å²) in [5, 5.41) is 16.1. The Bertz CT molecular complexity index is 487. The number of carbonyl (C=O) groups is 1. The summed E-state index contributed by atoms with van der Waals surface area (Å²) in [6.07, 6.45) is 0.439. The van der Waals surface area contributed by atoms with Crippen LogP contribution >= 0.6 is 11.3 Å². The largest absolute Gasteiger partial charge is 1.00 e. The van der Waals surface area contributed by atoms with Gasteiger partial charge in [-0.05, 0) is 23.4 Å². The molecule has 1 heterocycles. The molecule has 0 aliphatic heterocycles. The van der Waals surface area contributed by atoms with Gasteiger partial charge in [-0.2, -0.15) is 0 Å². The van der Waals surface area contributed by atoms with E-state index in [9.17, 15) is 9.90 Å². The number of nitrogens with one attached hydrogen (secondary N) is 1. The molecule has 0 unspecified atom stereocenters. The van der Waals surface area contributed by atoms with Gasteiger partial charge in [0.15, 0.2) is 0 Å². The molecule has 1 N–H and O–H groups in total. The van der Waals surface area contributed by atoms with Crippen molar-refractivity contribution in [2.24, 2.45) is 0 Å². The minimum Gasteiger partial charge on any atom is -0.548 e. The maximum absolute atomic E-state index is 11.1. The van der Waals surface area contributed by atoms with Crippen molar-refractivity contribution in [3.8, 4) is 0 Å². The molecule has 1 atom stereocenters. The first kappa shape index (κ1) is 16.4. The second-order valence-electron chi connectivity index (χ2n) is 4.02. The molecule has 0 aliphatic carbocycles. The zero-order valence-corrected chi connectivity index (χ0v) is 13.7. The quantitative estimate of drug-likeness (QED) is 0.637. The summed E-state index contributed by atoms with van der Waals surface area (Å²) in [4.78, 5) is 12.2. The van der Waals surface area contributed by atoms with Gasteiger partial charge < -0.3 is 15.2 Å². The fourth-order valence-electron chi connectivity index (χ4n) is 1.73. The summed E-state index contributed by atoms with van der Waals surface area (Å²) in [7, 11) is 0. The zero-order valence-electron chi connectivity index (χ0n) is 10.8. The van der Waals surface area contributed by atoms with Gasteiger partial charge >= 0.3 is 29.6 Å². The van der Waals surface area contributed by atoms with Crippen LogP contribution in [0.1, 0.15) is 10.4 Å². The van der Waals surface area contributed by atoms with E-state index < -0.39 is 12.0 Å². The first-order valence-electron chi connectivity index (χ1n) is 5.76. The molecule has 0 saturated carbocycles. The third-order valence-electron chi connectivity index (χ3n) is 2.67. The van der Waals surface area contributed by atoms with Gasteiger partial charge in [-0.1, -0.05) is 36.4 Å². The van der Waals surface area contributed by atoms with Crippen LogP contribution in [0.4, 0.5) is 0 Å². The first-order valence-corrected chi connectivity index (χ1v) is 6.64. The molecule has 94 valence electrons. The second-order valence-corrected chi connectivity index (χ2v) is 5.05. The molecule has 0 amide bonds. The third kappa shape index (κ3) is 5.47. The molecule has 1 aromatic carbocycles. The monoisotopic (exact) mass is 283 g/mol. The molecular formula is C14H14NNaO2S. The van der Waals surface area contributed by atoms with Crippen molar-refractivity contribution in [3.63, 3.8) is 0 Å². The van der Waals surface area contributed by atoms with E-state index in [4.69, 9.17) is 0 Å². The van der Waals surface area contributed by atoms with E-state index in [-0.39, 0.29) is 29.6 Å². The Morgan fingerprint density at radius 2 is 1.95 bits per heavy atom. The number of aliphatic carboxylic acids is 1. The zero-order chi connectivity index (χ0) is 12.8. The Kier molecular flexibility index (Phi) is 7.34. The van der Waals surface area contributed by atoms with E-state index in [1.807, 2.05) is 47.8 Å². The van der Waals surface area contributed by atoms with Gasteiger partial charge in [0, 0.05) is 11.4 Å². The van der Waals surface area contributed by atoms with Gasteiger partial charge in [0.2, 0.25) is 0 Å². The summed E-state index contributed by atoms with van der Waals surface area (Å²) in [5.41, 5.74) is 0.991. The normalized spacial score (nSPS) is 11.6. The van der Waals surface area contributed by atoms with Crippen molar-refractivity contribution in [1.29, 1.82) is 0 Å². The van der Waals surface area contributed by atoms with E-state index in [0.717, 1.165) is 10.4 Å². The maximum atomic E-state index is 11.1. The molecule has 3 nitrogen and oxygen atoms in total. The van der Waals surface area contributed by atoms with E-state index in [0.29, 0.717) is 13.0 Å². The van der Waals surface area contributed by atoms with Crippen LogP contribution in [0.5, 0.6) is 0 Å². The van der Waals surface area contributed by atoms with Gasteiger partial charge in [-0.15, -0.1) is 11.3 Å². The van der Waals surface area contributed by atoms with Gasteiger partial charge in [0.05, 0.1) is 12.0 Å². The van der Waals surface area contributed by atoms with Crippen LogP contribution in [0.2, 0.25) is 0 Å². The number of rotatable bonds is 6. The van der Waals surface area contributed by atoms with Gasteiger partial charge in [0.25, 0.3) is 0 Å². The van der Waals surface area contributed by atoms with Crippen LogP contribution in [-0.4, -0.2) is 12.0 Å². The van der Waals surface area contributed by atoms with Crippen molar-refractivity contribution >= 4 is 17.3 Å². The Hall–Kier alpha value is -0.650. The number of thiophene rings is 1. The number of carbonyl (C=O) groups excluding carboxylic acids is 1. The SMILES string of the molecule is O=C([O-])[C@H](Cc1ccccc1)NCc1cccs1.[Na+]. The number of hydrogen-bond acceptors (Lipinski definition) is 4. The molecule has 2 rings (SSSR count). The van der Waals surface area contributed by atoms with Crippen molar-refractivity contribution in [2.75, 3.05) is 0 Å². The molecule has 0 fully saturated rings. The van der Waals surface area contributed by atoms with E-state index in [2.05, 4.69) is 5.32 Å². The van der Waals surface area contributed by atoms with Gasteiger partial charge in [0.1, 0.15) is 0 Å². The van der Waals surface area contributed by atoms with Crippen LogP contribution in [0.25, 0.3) is 0 Å². The van der Waals surface area contributed by atoms with Crippen LogP contribution in [-0.2, 0) is 17.8 Å². The summed E-state index contributed by atoms with van der Waals surface area (Å²) in [6.45, 7) is 0.559. The molecule has 1 aromatic heterocycles. The minimum atomic E-state index is -1.06. The van der Waals surface area contributed by atoms with Crippen molar-refractivity contribution < 1.29 is 39.5 Å². The maximum Gasteiger partial charge on any atom is 1.00 e. The topological polar surface area (TPSA) is 52.2 Å². The van der Waals surface area contributed by atoms with Crippen molar-refractivity contribution in [3.05, 3.63) is 58.3 Å². The molecule has 2 aromatic rings. The molecule has 0 bridgehead atoms. The van der Waals surface area contributed by atoms with E-state index in [1.54, 1.807) is 11.3 Å². The second kappa shape index (κ2) is 8.51. The van der Waals surface area contributed by atoms with E-state index in [1.165, 1.54) is 0 Å². The summed E-state index contributed by atoms with van der Waals surface area (Å²) >= 11 is 1.61. The molecule has 0 saturated heterocycles. The molecule has 0 radical (unpaired) electrons. The summed E-state index contributed by atoms with van der Waals surface area (Å²) in [5.74, 6) is -1.06. The average molecular weight is 283 g/mol. The number of carboxylic acid groups (broad SMARTS) is 1. The fraction of sp³-hybridized carbons (Fsp3) is 0.214. The van der Waals surface area contributed by atoms with Crippen LogP contribution in [0, 0.1) is 0 Å². The first-order chi connectivity index (χ1) is 8.75. The van der Waals surface area contributed by atoms with Crippen molar-refractivity contribution in [1.82, 2.24) is 5.32 Å². The predicted molar refractivity (Wildman–Crippen MR) is 70.1 cm³/mol. The smallest absolute Gasteiger partial charge is 0.548 e. The van der Waals surface area contributed by atoms with Crippen LogP contribution in [0.3, 0.4) is 0 Å². The summed E-state index contributed by atoms with van der Waals surface area (Å²) in [6, 6.07) is 12.8. The Labute approximate surface area is 139 Å². The Balaban J connectivity index is 0.00000180. The third-order valence-corrected chi connectivity index (χ3v) is 3.55. The number of hydrogen-bond donors (Lipinski definition) is 1. The van der Waals surface area contributed by atoms with Gasteiger partial charge in [-0.3, -0.25) is 0 Å². The molecule has 0 spiro atoms. The average Bonchev–Trinajstić information content (AvgIpc) is 2.88. The van der Waals surface area contributed by atoms with E-state index >= 15 is 0 Å². The fourth-order valence-corrected chi connectivity index (χ4v) is 2.38. The summed E-state index contributed by atoms with van der Waals surface area (Å²) < 4.78 is 0. The number of carboxylic acids is 1. The predicted octanol–water partition coefficient (Wildman–Crippen LogP) is -1.80. The number of benzene rings is 1. The van der Waals surface area contributed by atoms with Crippen molar-refractivity contribution in [2.45, 2.75) is 19.0 Å². The minimum absolute atomic E-state index is 0. The molecule has 19 heavy (non-hydrogen) atoms. The Morgan fingerprint density at radius 1 is 1.21 bits per heavy atom. The van der Waals surface area contributed by atoms with Gasteiger partial charge in [-0.25, -0.2) is 0 Å². The van der Waals surface area contributed by atoms with Crippen LogP contribution in [0.15, 0.2) is 47.8 Å². The van der Waals surface area contributed by atoms with Crippen LogP contribution < -0.4 is 40.0 Å². The Morgan fingerprint density at radius 3 is 2.53 bits per heavy atom. The molecule has 5 heteroatoms. The molecular weight excluding hydrogens is 269 g/mol.